The molecule has 0 radical (unpaired) electrons. The molecule has 1 aromatic rings. The third-order valence-corrected chi connectivity index (χ3v) is 6.16. The van der Waals surface area contributed by atoms with Gasteiger partial charge < -0.3 is 14.9 Å². The van der Waals surface area contributed by atoms with Crippen LogP contribution in [0.25, 0.3) is 0 Å². The van der Waals surface area contributed by atoms with Crippen molar-refractivity contribution in [2.75, 3.05) is 13.1 Å². The normalized spacial score (nSPS) is 21.6. The van der Waals surface area contributed by atoms with Gasteiger partial charge in [0.15, 0.2) is 5.66 Å². The molecule has 1 fully saturated rings. The van der Waals surface area contributed by atoms with Crippen molar-refractivity contribution in [2.45, 2.75) is 63.2 Å². The summed E-state index contributed by atoms with van der Waals surface area (Å²) in [6.45, 7) is 1.74. The molecular formula is C22H26N4O3. The predicted molar refractivity (Wildman–Crippen MR) is 107 cm³/mol. The third-order valence-electron chi connectivity index (χ3n) is 6.16. The monoisotopic (exact) mass is 394 g/mol. The molecule has 3 aliphatic rings. The number of hydrogen-bond donors (Lipinski definition) is 1. The molecule has 1 unspecified atom stereocenters. The largest absolute Gasteiger partial charge is 0.508 e. The molecule has 1 saturated heterocycles. The van der Waals surface area contributed by atoms with E-state index >= 15 is 0 Å². The summed E-state index contributed by atoms with van der Waals surface area (Å²) in [5.74, 6) is 2.81. The number of terminal acetylenes is 1. The lowest BCUT2D eigenvalue weighted by atomic mass is 9.98. The van der Waals surface area contributed by atoms with Crippen molar-refractivity contribution in [2.24, 2.45) is 10.2 Å². The Labute approximate surface area is 170 Å². The lowest BCUT2D eigenvalue weighted by Gasteiger charge is -2.33. The van der Waals surface area contributed by atoms with Crippen LogP contribution in [0.4, 0.5) is 0 Å². The van der Waals surface area contributed by atoms with Gasteiger partial charge in [-0.3, -0.25) is 9.59 Å². The number of amides is 2. The van der Waals surface area contributed by atoms with Crippen LogP contribution in [0, 0.1) is 12.3 Å². The molecule has 29 heavy (non-hydrogen) atoms. The van der Waals surface area contributed by atoms with Crippen LogP contribution in [0.3, 0.4) is 0 Å². The fraction of sp³-hybridized carbons (Fsp3) is 0.545. The quantitative estimate of drug-likeness (QED) is 0.753. The number of nitrogens with zero attached hydrogens (tertiary/aromatic N) is 4. The highest BCUT2D eigenvalue weighted by Gasteiger charge is 2.42. The fourth-order valence-electron chi connectivity index (χ4n) is 4.38. The van der Waals surface area contributed by atoms with Gasteiger partial charge in [0.05, 0.1) is 0 Å². The van der Waals surface area contributed by atoms with Gasteiger partial charge in [0.25, 0.3) is 0 Å². The van der Waals surface area contributed by atoms with Crippen molar-refractivity contribution in [1.29, 1.82) is 0 Å². The SMILES string of the molecule is C#CCCC1(CCC(=O)N2CCCC2C(=O)N2CCc3ccc(O)cc3C2)N=N1. The number of benzene rings is 1. The van der Waals surface area contributed by atoms with E-state index in [4.69, 9.17) is 6.42 Å². The van der Waals surface area contributed by atoms with Gasteiger partial charge in [-0.25, -0.2) is 0 Å². The van der Waals surface area contributed by atoms with Gasteiger partial charge >= 0.3 is 0 Å². The predicted octanol–water partition coefficient (Wildman–Crippen LogP) is 2.62. The van der Waals surface area contributed by atoms with E-state index in [0.717, 1.165) is 18.4 Å². The summed E-state index contributed by atoms with van der Waals surface area (Å²) in [6, 6.07) is 4.94. The number of phenolic OH excluding ortho intramolecular Hbond substituents is 1. The Balaban J connectivity index is 1.36. The first kappa shape index (κ1) is 19.4. The van der Waals surface area contributed by atoms with E-state index in [-0.39, 0.29) is 17.6 Å². The number of fused-ring (bicyclic) bond motifs is 1. The smallest absolute Gasteiger partial charge is 0.245 e. The molecule has 7 heteroatoms. The maximum atomic E-state index is 13.2. The number of aromatic hydroxyl groups is 1. The van der Waals surface area contributed by atoms with Gasteiger partial charge in [-0.05, 0) is 42.5 Å². The zero-order valence-corrected chi connectivity index (χ0v) is 16.5. The first-order chi connectivity index (χ1) is 14.0. The van der Waals surface area contributed by atoms with Crippen LogP contribution in [0.5, 0.6) is 5.75 Å². The lowest BCUT2D eigenvalue weighted by Crippen LogP contribution is -2.49. The van der Waals surface area contributed by atoms with Crippen molar-refractivity contribution in [3.8, 4) is 18.1 Å². The van der Waals surface area contributed by atoms with E-state index in [0.29, 0.717) is 51.7 Å². The molecular weight excluding hydrogens is 368 g/mol. The van der Waals surface area contributed by atoms with Crippen LogP contribution in [0.2, 0.25) is 0 Å². The van der Waals surface area contributed by atoms with Crippen LogP contribution >= 0.6 is 0 Å². The van der Waals surface area contributed by atoms with Gasteiger partial charge in [-0.2, -0.15) is 10.2 Å². The Bertz CT molecular complexity index is 883. The minimum Gasteiger partial charge on any atom is -0.508 e. The molecule has 0 aromatic heterocycles. The molecule has 2 amide bonds. The summed E-state index contributed by atoms with van der Waals surface area (Å²) in [4.78, 5) is 29.6. The van der Waals surface area contributed by atoms with E-state index in [1.165, 1.54) is 5.56 Å². The summed E-state index contributed by atoms with van der Waals surface area (Å²) in [6.07, 6.45) is 9.78. The molecule has 0 spiro atoms. The van der Waals surface area contributed by atoms with Gasteiger partial charge in [0, 0.05) is 45.3 Å². The summed E-state index contributed by atoms with van der Waals surface area (Å²) >= 11 is 0. The average Bonchev–Trinajstić information content (AvgIpc) is 3.33. The maximum absolute atomic E-state index is 13.2. The van der Waals surface area contributed by atoms with Crippen LogP contribution in [-0.4, -0.2) is 51.5 Å². The highest BCUT2D eigenvalue weighted by molar-refractivity contribution is 5.88. The molecule has 1 N–H and O–H groups in total. The minimum absolute atomic E-state index is 0.00622. The van der Waals surface area contributed by atoms with Gasteiger partial charge in [-0.15, -0.1) is 12.3 Å². The second-order valence-corrected chi connectivity index (χ2v) is 8.09. The van der Waals surface area contributed by atoms with Crippen LogP contribution in [-0.2, 0) is 22.6 Å². The number of rotatable bonds is 6. The molecule has 1 atom stereocenters. The summed E-state index contributed by atoms with van der Waals surface area (Å²) in [7, 11) is 0. The number of likely N-dealkylation sites (tertiary alicyclic amines) is 1. The molecule has 4 rings (SSSR count). The molecule has 0 bridgehead atoms. The zero-order valence-electron chi connectivity index (χ0n) is 16.5. The lowest BCUT2D eigenvalue weighted by molar-refractivity contribution is -0.144. The van der Waals surface area contributed by atoms with Crippen molar-refractivity contribution in [3.63, 3.8) is 0 Å². The van der Waals surface area contributed by atoms with Gasteiger partial charge in [-0.1, -0.05) is 6.07 Å². The third kappa shape index (κ3) is 4.12. The number of hydrogen-bond acceptors (Lipinski definition) is 5. The van der Waals surface area contributed by atoms with Gasteiger partial charge in [0.1, 0.15) is 11.8 Å². The Morgan fingerprint density at radius 3 is 2.83 bits per heavy atom. The molecule has 3 heterocycles. The van der Waals surface area contributed by atoms with Crippen LogP contribution < -0.4 is 0 Å². The number of carbonyl (C=O) groups is 2. The van der Waals surface area contributed by atoms with Crippen LogP contribution in [0.15, 0.2) is 28.4 Å². The van der Waals surface area contributed by atoms with E-state index in [1.54, 1.807) is 17.0 Å². The van der Waals surface area contributed by atoms with Crippen molar-refractivity contribution in [1.82, 2.24) is 9.80 Å². The zero-order chi connectivity index (χ0) is 20.4. The molecule has 0 saturated carbocycles. The van der Waals surface area contributed by atoms with Gasteiger partial charge in [0.2, 0.25) is 11.8 Å². The molecule has 0 aliphatic carbocycles. The van der Waals surface area contributed by atoms with Crippen molar-refractivity contribution < 1.29 is 14.7 Å². The average molecular weight is 394 g/mol. The van der Waals surface area contributed by atoms with E-state index < -0.39 is 11.7 Å². The minimum atomic E-state index is -0.472. The number of carbonyl (C=O) groups excluding carboxylic acids is 2. The van der Waals surface area contributed by atoms with E-state index in [2.05, 4.69) is 16.1 Å². The van der Waals surface area contributed by atoms with Crippen molar-refractivity contribution >= 4 is 11.8 Å². The highest BCUT2D eigenvalue weighted by Crippen LogP contribution is 2.38. The fourth-order valence-corrected chi connectivity index (χ4v) is 4.38. The Morgan fingerprint density at radius 1 is 1.24 bits per heavy atom. The Hall–Kier alpha value is -2.88. The summed E-state index contributed by atoms with van der Waals surface area (Å²) < 4.78 is 0. The second-order valence-electron chi connectivity index (χ2n) is 8.09. The molecule has 1 aromatic carbocycles. The summed E-state index contributed by atoms with van der Waals surface area (Å²) in [5, 5.41) is 17.9. The number of phenols is 1. The summed E-state index contributed by atoms with van der Waals surface area (Å²) in [5.41, 5.74) is 1.67. The first-order valence-corrected chi connectivity index (χ1v) is 10.3. The second kappa shape index (κ2) is 7.86. The Kier molecular flexibility index (Phi) is 5.27. The molecule has 7 nitrogen and oxygen atoms in total. The van der Waals surface area contributed by atoms with E-state index in [9.17, 15) is 14.7 Å². The van der Waals surface area contributed by atoms with E-state index in [1.807, 2.05) is 11.0 Å². The maximum Gasteiger partial charge on any atom is 0.245 e. The van der Waals surface area contributed by atoms with Crippen molar-refractivity contribution in [3.05, 3.63) is 29.3 Å². The first-order valence-electron chi connectivity index (χ1n) is 10.3. The topological polar surface area (TPSA) is 85.6 Å². The Morgan fingerprint density at radius 2 is 2.07 bits per heavy atom. The molecule has 3 aliphatic heterocycles. The highest BCUT2D eigenvalue weighted by atomic mass is 16.3. The standard InChI is InChI=1S/C22H26N4O3/c1-2-3-10-22(23-24-22)11-8-20(28)26-12-4-5-19(26)21(29)25-13-9-16-6-7-18(27)14-17(16)15-25/h1,6-7,14,19,27H,3-5,8-13,15H2. The van der Waals surface area contributed by atoms with Crippen LogP contribution in [0.1, 0.15) is 49.7 Å². The molecule has 152 valence electrons.